The van der Waals surface area contributed by atoms with E-state index >= 15 is 0 Å². The lowest BCUT2D eigenvalue weighted by Gasteiger charge is -2.43. The maximum atomic E-state index is 12.3. The fraction of sp³-hybridized carbons (Fsp3) is 0.923. The quantitative estimate of drug-likeness (QED) is 0.714. The minimum absolute atomic E-state index is 0.0490. The molecule has 0 aromatic rings. The first-order valence-electron chi connectivity index (χ1n) is 7.07. The lowest BCUT2D eigenvalue weighted by atomic mass is 10.1. The Balaban J connectivity index is 2.18. The van der Waals surface area contributed by atoms with Crippen LogP contribution in [0.2, 0.25) is 0 Å². The summed E-state index contributed by atoms with van der Waals surface area (Å²) in [5.41, 5.74) is -0.564. The first-order chi connectivity index (χ1) is 9.13. The summed E-state index contributed by atoms with van der Waals surface area (Å²) in [6.45, 7) is 9.50. The molecule has 116 valence electrons. The van der Waals surface area contributed by atoms with Crippen LogP contribution in [0.15, 0.2) is 0 Å². The second kappa shape index (κ2) is 5.18. The van der Waals surface area contributed by atoms with Crippen LogP contribution >= 0.6 is 0 Å². The molecule has 0 N–H and O–H groups in total. The van der Waals surface area contributed by atoms with E-state index in [-0.39, 0.29) is 23.6 Å². The molecule has 2 saturated heterocycles. The van der Waals surface area contributed by atoms with Gasteiger partial charge in [-0.3, -0.25) is 4.90 Å². The van der Waals surface area contributed by atoms with E-state index in [2.05, 4.69) is 4.90 Å². The predicted molar refractivity (Wildman–Crippen MR) is 76.4 cm³/mol. The minimum Gasteiger partial charge on any atom is -0.444 e. The van der Waals surface area contributed by atoms with Crippen molar-refractivity contribution in [2.75, 3.05) is 31.1 Å². The van der Waals surface area contributed by atoms with Crippen molar-refractivity contribution in [1.29, 1.82) is 0 Å². The Labute approximate surface area is 121 Å². The van der Waals surface area contributed by atoms with Gasteiger partial charge in [-0.1, -0.05) is 6.92 Å². The SMILES string of the molecule is CCN1CCN(C(=O)OC(C)(C)C)C2CS(=O)(=O)CC21. The zero-order chi connectivity index (χ0) is 15.1. The molecule has 2 rings (SSSR count). The Bertz CT molecular complexity index is 483. The zero-order valence-electron chi connectivity index (χ0n) is 12.6. The van der Waals surface area contributed by atoms with E-state index in [4.69, 9.17) is 4.74 Å². The topological polar surface area (TPSA) is 66.9 Å². The first kappa shape index (κ1) is 15.6. The lowest BCUT2D eigenvalue weighted by molar-refractivity contribution is -0.00796. The molecular weight excluding hydrogens is 280 g/mol. The highest BCUT2D eigenvalue weighted by Gasteiger charge is 2.48. The summed E-state index contributed by atoms with van der Waals surface area (Å²) in [4.78, 5) is 16.0. The standard InChI is InChI=1S/C13H24N2O4S/c1-5-14-6-7-15(12(16)19-13(2,3)4)11-9-20(17,18)8-10(11)14/h10-11H,5-9H2,1-4H3. The van der Waals surface area contributed by atoms with E-state index in [0.29, 0.717) is 13.1 Å². The molecule has 7 heteroatoms. The minimum atomic E-state index is -3.07. The molecule has 0 spiro atoms. The highest BCUT2D eigenvalue weighted by atomic mass is 32.2. The zero-order valence-corrected chi connectivity index (χ0v) is 13.4. The summed E-state index contributed by atoms with van der Waals surface area (Å²) in [6, 6.07) is -0.366. The van der Waals surface area contributed by atoms with Gasteiger partial charge in [-0.15, -0.1) is 0 Å². The van der Waals surface area contributed by atoms with Crippen LogP contribution in [0.3, 0.4) is 0 Å². The van der Waals surface area contributed by atoms with Crippen molar-refractivity contribution in [3.8, 4) is 0 Å². The number of nitrogens with zero attached hydrogens (tertiary/aromatic N) is 2. The number of carbonyl (C=O) groups excluding carboxylic acids is 1. The molecule has 0 aromatic carbocycles. The van der Waals surface area contributed by atoms with Gasteiger partial charge in [0.1, 0.15) is 5.60 Å². The van der Waals surface area contributed by atoms with E-state index < -0.39 is 21.5 Å². The van der Waals surface area contributed by atoms with E-state index in [1.165, 1.54) is 0 Å². The van der Waals surface area contributed by atoms with Gasteiger partial charge in [0, 0.05) is 19.1 Å². The molecule has 2 atom stereocenters. The van der Waals surface area contributed by atoms with Crippen LogP contribution < -0.4 is 0 Å². The molecule has 6 nitrogen and oxygen atoms in total. The molecule has 2 heterocycles. The molecule has 1 amide bonds. The number of carbonyl (C=O) groups is 1. The Morgan fingerprint density at radius 3 is 2.35 bits per heavy atom. The van der Waals surface area contributed by atoms with E-state index in [1.54, 1.807) is 4.90 Å². The van der Waals surface area contributed by atoms with Gasteiger partial charge in [0.05, 0.1) is 17.5 Å². The van der Waals surface area contributed by atoms with Crippen LogP contribution in [0.5, 0.6) is 0 Å². The van der Waals surface area contributed by atoms with Crippen molar-refractivity contribution < 1.29 is 17.9 Å². The van der Waals surface area contributed by atoms with Gasteiger partial charge in [-0.2, -0.15) is 0 Å². The fourth-order valence-electron chi connectivity index (χ4n) is 2.96. The van der Waals surface area contributed by atoms with Crippen molar-refractivity contribution in [2.45, 2.75) is 45.4 Å². The van der Waals surface area contributed by atoms with Crippen LogP contribution in [0.25, 0.3) is 0 Å². The number of amides is 1. The third kappa shape index (κ3) is 3.25. The van der Waals surface area contributed by atoms with Gasteiger partial charge in [-0.05, 0) is 27.3 Å². The smallest absolute Gasteiger partial charge is 0.410 e. The second-order valence-electron chi connectivity index (χ2n) is 6.51. The Morgan fingerprint density at radius 1 is 1.20 bits per heavy atom. The van der Waals surface area contributed by atoms with Crippen molar-refractivity contribution in [2.24, 2.45) is 0 Å². The first-order valence-corrected chi connectivity index (χ1v) is 8.89. The lowest BCUT2D eigenvalue weighted by Crippen LogP contribution is -2.61. The molecule has 0 saturated carbocycles. The number of rotatable bonds is 1. The van der Waals surface area contributed by atoms with Gasteiger partial charge in [0.2, 0.25) is 0 Å². The Hall–Kier alpha value is -0.820. The molecule has 2 unspecified atom stereocenters. The van der Waals surface area contributed by atoms with Crippen LogP contribution in [-0.2, 0) is 14.6 Å². The molecule has 2 aliphatic heterocycles. The Kier molecular flexibility index (Phi) is 4.03. The largest absolute Gasteiger partial charge is 0.444 e. The summed E-state index contributed by atoms with van der Waals surface area (Å²) in [7, 11) is -3.07. The number of piperazine rings is 1. The van der Waals surface area contributed by atoms with Crippen molar-refractivity contribution in [1.82, 2.24) is 9.80 Å². The van der Waals surface area contributed by atoms with Crippen molar-refractivity contribution in [3.63, 3.8) is 0 Å². The Morgan fingerprint density at radius 2 is 1.80 bits per heavy atom. The van der Waals surface area contributed by atoms with Gasteiger partial charge >= 0.3 is 6.09 Å². The van der Waals surface area contributed by atoms with E-state index in [9.17, 15) is 13.2 Å². The highest BCUT2D eigenvalue weighted by molar-refractivity contribution is 7.91. The number of sulfone groups is 1. The van der Waals surface area contributed by atoms with Crippen LogP contribution in [0.1, 0.15) is 27.7 Å². The molecule has 0 aliphatic carbocycles. The fourth-order valence-corrected chi connectivity index (χ4v) is 4.98. The summed E-state index contributed by atoms with van der Waals surface area (Å²) >= 11 is 0. The number of hydrogen-bond donors (Lipinski definition) is 0. The number of hydrogen-bond acceptors (Lipinski definition) is 5. The second-order valence-corrected chi connectivity index (χ2v) is 8.67. The van der Waals surface area contributed by atoms with Crippen LogP contribution in [-0.4, -0.2) is 73.1 Å². The van der Waals surface area contributed by atoms with Crippen molar-refractivity contribution >= 4 is 15.9 Å². The van der Waals surface area contributed by atoms with Crippen LogP contribution in [0.4, 0.5) is 4.79 Å². The molecule has 2 fully saturated rings. The van der Waals surface area contributed by atoms with E-state index in [0.717, 1.165) is 6.54 Å². The molecule has 0 aromatic heterocycles. The van der Waals surface area contributed by atoms with Gasteiger partial charge < -0.3 is 9.64 Å². The normalized spacial score (nSPS) is 30.1. The summed E-state index contributed by atoms with van der Waals surface area (Å²) in [5.74, 6) is 0.193. The van der Waals surface area contributed by atoms with Gasteiger partial charge in [0.15, 0.2) is 9.84 Å². The van der Waals surface area contributed by atoms with Crippen molar-refractivity contribution in [3.05, 3.63) is 0 Å². The van der Waals surface area contributed by atoms with Gasteiger partial charge in [0.25, 0.3) is 0 Å². The summed E-state index contributed by atoms with van der Waals surface area (Å²) in [5, 5.41) is 0. The molecule has 0 bridgehead atoms. The predicted octanol–water partition coefficient (Wildman–Crippen LogP) is 0.725. The number of fused-ring (bicyclic) bond motifs is 1. The molecule has 2 aliphatic rings. The average Bonchev–Trinajstić information content (AvgIpc) is 2.59. The number of ether oxygens (including phenoxy) is 1. The van der Waals surface area contributed by atoms with Gasteiger partial charge in [-0.25, -0.2) is 13.2 Å². The third-order valence-electron chi connectivity index (χ3n) is 3.83. The molecule has 20 heavy (non-hydrogen) atoms. The molecule has 0 radical (unpaired) electrons. The van der Waals surface area contributed by atoms with Crippen LogP contribution in [0, 0.1) is 0 Å². The summed E-state index contributed by atoms with van der Waals surface area (Å²) < 4.78 is 29.2. The monoisotopic (exact) mass is 304 g/mol. The summed E-state index contributed by atoms with van der Waals surface area (Å²) in [6.07, 6.45) is -0.402. The molecular formula is C13H24N2O4S. The number of likely N-dealkylation sites (N-methyl/N-ethyl adjacent to an activating group) is 1. The third-order valence-corrected chi connectivity index (χ3v) is 5.52. The van der Waals surface area contributed by atoms with E-state index in [1.807, 2.05) is 27.7 Å². The maximum absolute atomic E-state index is 12.3. The highest BCUT2D eigenvalue weighted by Crippen LogP contribution is 2.28. The average molecular weight is 304 g/mol. The maximum Gasteiger partial charge on any atom is 0.410 e.